The Hall–Kier alpha value is -2.54. The van der Waals surface area contributed by atoms with Crippen molar-refractivity contribution < 1.29 is 12.8 Å². The molecule has 0 spiro atoms. The van der Waals surface area contributed by atoms with E-state index in [0.29, 0.717) is 16.8 Å². The van der Waals surface area contributed by atoms with Crippen molar-refractivity contribution in [1.82, 2.24) is 4.57 Å². The highest BCUT2D eigenvalue weighted by atomic mass is 32.2. The quantitative estimate of drug-likeness (QED) is 0.799. The summed E-state index contributed by atoms with van der Waals surface area (Å²) in [5.41, 5.74) is 2.67. The van der Waals surface area contributed by atoms with Gasteiger partial charge < -0.3 is 4.42 Å². The first-order chi connectivity index (χ1) is 10.8. The van der Waals surface area contributed by atoms with E-state index in [1.807, 2.05) is 19.1 Å². The first-order valence-corrected chi connectivity index (χ1v) is 8.46. The Morgan fingerprint density at radius 3 is 2.48 bits per heavy atom. The van der Waals surface area contributed by atoms with Gasteiger partial charge in [0, 0.05) is 13.1 Å². The monoisotopic (exact) mass is 332 g/mol. The molecule has 0 aliphatic carbocycles. The molecule has 1 aromatic heterocycles. The molecule has 0 fully saturated rings. The van der Waals surface area contributed by atoms with Gasteiger partial charge in [0.1, 0.15) is 0 Å². The zero-order valence-corrected chi connectivity index (χ0v) is 13.8. The molecule has 1 heterocycles. The van der Waals surface area contributed by atoms with Crippen LogP contribution in [0, 0.1) is 13.8 Å². The van der Waals surface area contributed by atoms with E-state index in [1.165, 1.54) is 10.6 Å². The average molecular weight is 332 g/mol. The fourth-order valence-electron chi connectivity index (χ4n) is 2.44. The molecule has 3 rings (SSSR count). The minimum absolute atomic E-state index is 0.0857. The summed E-state index contributed by atoms with van der Waals surface area (Å²) in [6.45, 7) is 3.51. The number of oxazole rings is 1. The molecule has 0 aliphatic rings. The van der Waals surface area contributed by atoms with E-state index in [-0.39, 0.29) is 10.5 Å². The van der Waals surface area contributed by atoms with Gasteiger partial charge in [0.25, 0.3) is 10.0 Å². The third kappa shape index (κ3) is 2.63. The van der Waals surface area contributed by atoms with E-state index in [2.05, 4.69) is 4.72 Å². The van der Waals surface area contributed by atoms with E-state index < -0.39 is 15.8 Å². The third-order valence-corrected chi connectivity index (χ3v) is 5.28. The van der Waals surface area contributed by atoms with Crippen molar-refractivity contribution in [2.75, 3.05) is 4.72 Å². The molecular formula is C16H16N2O4S. The van der Waals surface area contributed by atoms with Crippen molar-refractivity contribution in [2.45, 2.75) is 18.7 Å². The van der Waals surface area contributed by atoms with Gasteiger partial charge in [-0.15, -0.1) is 0 Å². The summed E-state index contributed by atoms with van der Waals surface area (Å²) < 4.78 is 34.3. The van der Waals surface area contributed by atoms with Crippen LogP contribution in [0.3, 0.4) is 0 Å². The molecule has 0 saturated carbocycles. The zero-order chi connectivity index (χ0) is 16.8. The van der Waals surface area contributed by atoms with Gasteiger partial charge in [-0.2, -0.15) is 0 Å². The molecule has 7 heteroatoms. The van der Waals surface area contributed by atoms with Gasteiger partial charge in [-0.05, 0) is 37.1 Å². The maximum absolute atomic E-state index is 12.7. The van der Waals surface area contributed by atoms with Crippen LogP contribution < -0.4 is 10.5 Å². The number of sulfonamides is 1. The van der Waals surface area contributed by atoms with Gasteiger partial charge in [-0.1, -0.05) is 18.2 Å². The summed E-state index contributed by atoms with van der Waals surface area (Å²) in [6.07, 6.45) is 0. The lowest BCUT2D eigenvalue weighted by Crippen LogP contribution is -2.15. The predicted octanol–water partition coefficient (Wildman–Crippen LogP) is 2.55. The van der Waals surface area contributed by atoms with Crippen LogP contribution >= 0.6 is 0 Å². The smallest absolute Gasteiger partial charge is 0.408 e. The average Bonchev–Trinajstić information content (AvgIpc) is 2.76. The maximum Gasteiger partial charge on any atom is 0.419 e. The number of para-hydroxylation sites is 1. The van der Waals surface area contributed by atoms with Gasteiger partial charge in [0.2, 0.25) is 0 Å². The van der Waals surface area contributed by atoms with E-state index >= 15 is 0 Å². The van der Waals surface area contributed by atoms with Crippen LogP contribution in [0.5, 0.6) is 0 Å². The number of fused-ring (bicyclic) bond motifs is 1. The first kappa shape index (κ1) is 15.4. The van der Waals surface area contributed by atoms with E-state index in [1.54, 1.807) is 32.2 Å². The second kappa shape index (κ2) is 5.27. The Morgan fingerprint density at radius 1 is 1.09 bits per heavy atom. The number of nitrogens with one attached hydrogen (secondary N) is 1. The Kier molecular flexibility index (Phi) is 3.52. The summed E-state index contributed by atoms with van der Waals surface area (Å²) in [4.78, 5) is 11.7. The second-order valence-electron chi connectivity index (χ2n) is 5.43. The number of nitrogens with zero attached hydrogens (tertiary/aromatic N) is 1. The molecule has 23 heavy (non-hydrogen) atoms. The number of rotatable bonds is 3. The molecule has 0 radical (unpaired) electrons. The van der Waals surface area contributed by atoms with Crippen molar-refractivity contribution in [3.05, 3.63) is 58.1 Å². The van der Waals surface area contributed by atoms with Crippen LogP contribution in [0.2, 0.25) is 0 Å². The fraction of sp³-hybridized carbons (Fsp3) is 0.188. The predicted molar refractivity (Wildman–Crippen MR) is 88.2 cm³/mol. The molecule has 6 nitrogen and oxygen atoms in total. The minimum atomic E-state index is -3.78. The van der Waals surface area contributed by atoms with Crippen molar-refractivity contribution >= 4 is 26.8 Å². The number of aromatic nitrogens is 1. The SMILES string of the molecule is Cc1ccccc1NS(=O)(=O)c1cc2oc(=O)n(C)c2cc1C. The highest BCUT2D eigenvalue weighted by Gasteiger charge is 2.20. The second-order valence-corrected chi connectivity index (χ2v) is 7.08. The molecule has 0 amide bonds. The van der Waals surface area contributed by atoms with E-state index in [9.17, 15) is 13.2 Å². The van der Waals surface area contributed by atoms with Crippen LogP contribution in [0.15, 0.2) is 50.5 Å². The largest absolute Gasteiger partial charge is 0.419 e. The molecule has 3 aromatic rings. The first-order valence-electron chi connectivity index (χ1n) is 6.98. The number of hydrogen-bond acceptors (Lipinski definition) is 4. The zero-order valence-electron chi connectivity index (χ0n) is 13.0. The Morgan fingerprint density at radius 2 is 1.78 bits per heavy atom. The van der Waals surface area contributed by atoms with Crippen LogP contribution in [0.25, 0.3) is 11.1 Å². The molecule has 0 aliphatic heterocycles. The van der Waals surface area contributed by atoms with Gasteiger partial charge in [0.15, 0.2) is 5.58 Å². The molecule has 0 unspecified atom stereocenters. The highest BCUT2D eigenvalue weighted by molar-refractivity contribution is 7.92. The fourth-order valence-corrected chi connectivity index (χ4v) is 3.81. The van der Waals surface area contributed by atoms with Crippen LogP contribution in [0.1, 0.15) is 11.1 Å². The molecular weight excluding hydrogens is 316 g/mol. The lowest BCUT2D eigenvalue weighted by atomic mass is 10.2. The van der Waals surface area contributed by atoms with Crippen molar-refractivity contribution in [3.63, 3.8) is 0 Å². The van der Waals surface area contributed by atoms with Crippen LogP contribution in [-0.2, 0) is 17.1 Å². The minimum Gasteiger partial charge on any atom is -0.408 e. The lowest BCUT2D eigenvalue weighted by Gasteiger charge is -2.12. The van der Waals surface area contributed by atoms with Gasteiger partial charge in [-0.25, -0.2) is 13.2 Å². The summed E-state index contributed by atoms with van der Waals surface area (Å²) in [5.74, 6) is -0.527. The number of anilines is 1. The highest BCUT2D eigenvalue weighted by Crippen LogP contribution is 2.25. The van der Waals surface area contributed by atoms with Crippen LogP contribution in [0.4, 0.5) is 5.69 Å². The number of hydrogen-bond donors (Lipinski definition) is 1. The summed E-state index contributed by atoms with van der Waals surface area (Å²) in [5, 5.41) is 0. The van der Waals surface area contributed by atoms with E-state index in [4.69, 9.17) is 4.42 Å². The Balaban J connectivity index is 2.13. The van der Waals surface area contributed by atoms with Crippen molar-refractivity contribution in [2.24, 2.45) is 7.05 Å². The van der Waals surface area contributed by atoms with Gasteiger partial charge in [-0.3, -0.25) is 9.29 Å². The summed E-state index contributed by atoms with van der Waals surface area (Å²) >= 11 is 0. The normalized spacial score (nSPS) is 11.8. The Bertz CT molecular complexity index is 1060. The van der Waals surface area contributed by atoms with Gasteiger partial charge >= 0.3 is 5.76 Å². The maximum atomic E-state index is 12.7. The molecule has 0 atom stereocenters. The van der Waals surface area contributed by atoms with E-state index in [0.717, 1.165) is 5.56 Å². The lowest BCUT2D eigenvalue weighted by molar-refractivity contribution is 0.527. The number of benzene rings is 2. The molecule has 120 valence electrons. The Labute approximate surface area is 133 Å². The standard InChI is InChI=1S/C16H16N2O4S/c1-10-6-4-5-7-12(10)17-23(20,21)15-9-14-13(8-11(15)2)18(3)16(19)22-14/h4-9,17H,1-3H3. The van der Waals surface area contributed by atoms with Crippen molar-refractivity contribution in [1.29, 1.82) is 0 Å². The molecule has 0 bridgehead atoms. The van der Waals surface area contributed by atoms with Gasteiger partial charge in [0.05, 0.1) is 16.1 Å². The number of aryl methyl sites for hydroxylation is 3. The molecule has 2 aromatic carbocycles. The third-order valence-electron chi connectivity index (χ3n) is 3.77. The molecule has 0 saturated heterocycles. The summed E-state index contributed by atoms with van der Waals surface area (Å²) in [7, 11) is -2.21. The van der Waals surface area contributed by atoms with Crippen molar-refractivity contribution in [3.8, 4) is 0 Å². The topological polar surface area (TPSA) is 81.3 Å². The van der Waals surface area contributed by atoms with Crippen LogP contribution in [-0.4, -0.2) is 13.0 Å². The molecule has 1 N–H and O–H groups in total. The summed E-state index contributed by atoms with van der Waals surface area (Å²) in [6, 6.07) is 10.1.